The van der Waals surface area contributed by atoms with Crippen LogP contribution in [0.4, 0.5) is 0 Å². The molecule has 0 fully saturated rings. The number of para-hydroxylation sites is 1. The van der Waals surface area contributed by atoms with E-state index in [0.717, 1.165) is 27.4 Å². The fourth-order valence-corrected chi connectivity index (χ4v) is 4.22. The van der Waals surface area contributed by atoms with Crippen molar-refractivity contribution in [2.24, 2.45) is 5.10 Å². The third kappa shape index (κ3) is 2.70. The number of carbonyl (C=O) groups excluding carboxylic acids is 1. The zero-order valence-corrected chi connectivity index (χ0v) is 16.5. The summed E-state index contributed by atoms with van der Waals surface area (Å²) in [5.74, 6) is -0.254. The lowest BCUT2D eigenvalue weighted by atomic mass is 9.95. The number of fused-ring (bicyclic) bond motifs is 2. The fraction of sp³-hybridized carbons (Fsp3) is 0.174. The number of rotatable bonds is 2. The molecule has 0 saturated carbocycles. The number of aromatic nitrogens is 1. The Morgan fingerprint density at radius 1 is 1.23 bits per heavy atom. The lowest BCUT2D eigenvalue weighted by molar-refractivity contribution is -0.130. The van der Waals surface area contributed by atoms with Crippen molar-refractivity contribution in [3.63, 3.8) is 0 Å². The van der Waals surface area contributed by atoms with Gasteiger partial charge in [0.25, 0.3) is 0 Å². The van der Waals surface area contributed by atoms with Gasteiger partial charge in [-0.05, 0) is 30.7 Å². The Balaban J connectivity index is 1.68. The molecule has 0 bridgehead atoms. The van der Waals surface area contributed by atoms with Crippen LogP contribution in [0.5, 0.6) is 5.75 Å². The number of aromatic hydroxyl groups is 1. The first-order chi connectivity index (χ1) is 14.4. The zero-order chi connectivity index (χ0) is 21.0. The van der Waals surface area contributed by atoms with Crippen LogP contribution in [0, 0.1) is 6.92 Å². The summed E-state index contributed by atoms with van der Waals surface area (Å²) in [5.41, 5.74) is 3.29. The first-order valence-corrected chi connectivity index (χ1v) is 9.64. The molecule has 0 saturated heterocycles. The second-order valence-electron chi connectivity index (χ2n) is 7.50. The molecule has 2 aromatic heterocycles. The maximum Gasteiger partial charge on any atom is 0.336 e. The smallest absolute Gasteiger partial charge is 0.336 e. The molecule has 2 N–H and O–H groups in total. The van der Waals surface area contributed by atoms with Crippen molar-refractivity contribution >= 4 is 33.5 Å². The molecule has 1 aliphatic rings. The standard InChI is InChI=1S/C23H19N3O4/c1-12-9-21(29)30-23-14(12)7-8-20(28)22(23)18-10-19(26(25-18)13(2)27)16-11-24-17-6-4-3-5-15(16)17/h3-9,11,19,24,28H,10H2,1-2H3. The molecule has 1 amide bonds. The van der Waals surface area contributed by atoms with E-state index < -0.39 is 5.63 Å². The number of benzene rings is 2. The number of hydrogen-bond acceptors (Lipinski definition) is 5. The summed E-state index contributed by atoms with van der Waals surface area (Å²) in [4.78, 5) is 27.6. The number of nitrogens with zero attached hydrogens (tertiary/aromatic N) is 2. The summed E-state index contributed by atoms with van der Waals surface area (Å²) in [6.07, 6.45) is 2.27. The Kier molecular flexibility index (Phi) is 3.99. The van der Waals surface area contributed by atoms with Gasteiger partial charge < -0.3 is 14.5 Å². The second-order valence-corrected chi connectivity index (χ2v) is 7.50. The number of amides is 1. The van der Waals surface area contributed by atoms with Gasteiger partial charge in [0.1, 0.15) is 5.75 Å². The van der Waals surface area contributed by atoms with Gasteiger partial charge in [0, 0.05) is 47.5 Å². The summed E-state index contributed by atoms with van der Waals surface area (Å²) in [5, 5.41) is 18.3. The number of hydrazone groups is 1. The molecular formula is C23H19N3O4. The van der Waals surface area contributed by atoms with Crippen LogP contribution in [0.3, 0.4) is 0 Å². The topological polar surface area (TPSA) is 98.9 Å². The van der Waals surface area contributed by atoms with E-state index in [9.17, 15) is 14.7 Å². The van der Waals surface area contributed by atoms with E-state index in [1.807, 2.05) is 37.4 Å². The number of aromatic amines is 1. The van der Waals surface area contributed by atoms with E-state index in [2.05, 4.69) is 10.1 Å². The van der Waals surface area contributed by atoms with Crippen LogP contribution >= 0.6 is 0 Å². The Bertz CT molecular complexity index is 1410. The molecule has 1 aliphatic heterocycles. The molecule has 0 aliphatic carbocycles. The average Bonchev–Trinajstić information content (AvgIpc) is 3.31. The third-order valence-electron chi connectivity index (χ3n) is 5.60. The highest BCUT2D eigenvalue weighted by Gasteiger charge is 2.35. The number of nitrogens with one attached hydrogen (secondary N) is 1. The summed E-state index contributed by atoms with van der Waals surface area (Å²) in [7, 11) is 0. The molecule has 7 heteroatoms. The Morgan fingerprint density at radius 3 is 2.83 bits per heavy atom. The van der Waals surface area contributed by atoms with E-state index in [1.165, 1.54) is 18.0 Å². The highest BCUT2D eigenvalue weighted by Crippen LogP contribution is 2.39. The zero-order valence-electron chi connectivity index (χ0n) is 16.5. The molecule has 2 aromatic carbocycles. The minimum atomic E-state index is -0.498. The average molecular weight is 401 g/mol. The van der Waals surface area contributed by atoms with Crippen molar-refractivity contribution in [2.45, 2.75) is 26.3 Å². The summed E-state index contributed by atoms with van der Waals surface area (Å²) in [6, 6.07) is 12.2. The SMILES string of the molecule is CC(=O)N1N=C(c2c(O)ccc3c(C)cc(=O)oc23)CC1c1c[nH]c2ccccc12. The molecule has 7 nitrogen and oxygen atoms in total. The molecule has 0 radical (unpaired) electrons. The van der Waals surface area contributed by atoms with Gasteiger partial charge in [0.2, 0.25) is 5.91 Å². The Labute approximate surface area is 171 Å². The van der Waals surface area contributed by atoms with E-state index in [-0.39, 0.29) is 23.3 Å². The molecular weight excluding hydrogens is 382 g/mol. The number of hydrogen-bond donors (Lipinski definition) is 2. The highest BCUT2D eigenvalue weighted by atomic mass is 16.4. The lowest BCUT2D eigenvalue weighted by Gasteiger charge is -2.19. The molecule has 4 aromatic rings. The number of phenolic OH excluding ortho intramolecular Hbond substituents is 1. The summed E-state index contributed by atoms with van der Waals surface area (Å²) >= 11 is 0. The third-order valence-corrected chi connectivity index (χ3v) is 5.60. The van der Waals surface area contributed by atoms with Crippen LogP contribution in [0.25, 0.3) is 21.9 Å². The van der Waals surface area contributed by atoms with Crippen LogP contribution in [-0.4, -0.2) is 26.7 Å². The number of aryl methyl sites for hydroxylation is 1. The monoisotopic (exact) mass is 401 g/mol. The summed E-state index contributed by atoms with van der Waals surface area (Å²) < 4.78 is 5.45. The Morgan fingerprint density at radius 2 is 2.03 bits per heavy atom. The van der Waals surface area contributed by atoms with Gasteiger partial charge in [-0.2, -0.15) is 5.10 Å². The predicted molar refractivity (Wildman–Crippen MR) is 114 cm³/mol. The largest absolute Gasteiger partial charge is 0.507 e. The van der Waals surface area contributed by atoms with Crippen LogP contribution in [-0.2, 0) is 4.79 Å². The van der Waals surface area contributed by atoms with E-state index >= 15 is 0 Å². The van der Waals surface area contributed by atoms with Crippen molar-refractivity contribution in [3.8, 4) is 5.75 Å². The van der Waals surface area contributed by atoms with Crippen LogP contribution in [0.2, 0.25) is 0 Å². The molecule has 150 valence electrons. The first kappa shape index (κ1) is 18.2. The number of phenols is 1. The molecule has 5 rings (SSSR count). The van der Waals surface area contributed by atoms with Gasteiger partial charge in [-0.1, -0.05) is 18.2 Å². The summed E-state index contributed by atoms with van der Waals surface area (Å²) in [6.45, 7) is 3.27. The van der Waals surface area contributed by atoms with Gasteiger partial charge in [0.05, 0.1) is 17.3 Å². The van der Waals surface area contributed by atoms with Gasteiger partial charge in [-0.25, -0.2) is 9.80 Å². The molecule has 30 heavy (non-hydrogen) atoms. The van der Waals surface area contributed by atoms with Crippen LogP contribution < -0.4 is 5.63 Å². The molecule has 0 spiro atoms. The van der Waals surface area contributed by atoms with Crippen molar-refractivity contribution < 1.29 is 14.3 Å². The first-order valence-electron chi connectivity index (χ1n) is 9.64. The minimum Gasteiger partial charge on any atom is -0.507 e. The maximum atomic E-state index is 12.4. The number of carbonyl (C=O) groups is 1. The molecule has 1 unspecified atom stereocenters. The van der Waals surface area contributed by atoms with Gasteiger partial charge in [-0.15, -0.1) is 0 Å². The predicted octanol–water partition coefficient (Wildman–Crippen LogP) is 3.99. The lowest BCUT2D eigenvalue weighted by Crippen LogP contribution is -2.24. The van der Waals surface area contributed by atoms with Gasteiger partial charge in [0.15, 0.2) is 5.58 Å². The van der Waals surface area contributed by atoms with E-state index in [0.29, 0.717) is 17.7 Å². The van der Waals surface area contributed by atoms with Crippen LogP contribution in [0.15, 0.2) is 63.0 Å². The van der Waals surface area contributed by atoms with Gasteiger partial charge >= 0.3 is 5.63 Å². The highest BCUT2D eigenvalue weighted by molar-refractivity contribution is 6.13. The maximum absolute atomic E-state index is 12.4. The minimum absolute atomic E-state index is 0.0434. The van der Waals surface area contributed by atoms with Crippen molar-refractivity contribution in [3.05, 3.63) is 75.8 Å². The second kappa shape index (κ2) is 6.59. The molecule has 1 atom stereocenters. The van der Waals surface area contributed by atoms with E-state index in [4.69, 9.17) is 4.42 Å². The van der Waals surface area contributed by atoms with E-state index in [1.54, 1.807) is 12.1 Å². The van der Waals surface area contributed by atoms with Crippen molar-refractivity contribution in [1.82, 2.24) is 9.99 Å². The van der Waals surface area contributed by atoms with Crippen LogP contribution in [0.1, 0.15) is 36.1 Å². The molecule has 3 heterocycles. The normalized spacial score (nSPS) is 16.4. The van der Waals surface area contributed by atoms with Gasteiger partial charge in [-0.3, -0.25) is 4.79 Å². The number of H-pyrrole nitrogens is 1. The van der Waals surface area contributed by atoms with Crippen molar-refractivity contribution in [2.75, 3.05) is 0 Å². The quantitative estimate of drug-likeness (QED) is 0.496. The van der Waals surface area contributed by atoms with Crippen molar-refractivity contribution in [1.29, 1.82) is 0 Å². The Hall–Kier alpha value is -3.87. The fourth-order valence-electron chi connectivity index (χ4n) is 4.22.